The number of nitrogens with zero attached hydrogens (tertiary/aromatic N) is 1. The first-order chi connectivity index (χ1) is 18.5. The van der Waals surface area contributed by atoms with Crippen LogP contribution in [-0.4, -0.2) is 57.3 Å². The van der Waals surface area contributed by atoms with Crippen LogP contribution in [0.25, 0.3) is 11.1 Å². The summed E-state index contributed by atoms with van der Waals surface area (Å²) in [4.78, 5) is 51.2. The van der Waals surface area contributed by atoms with Crippen molar-refractivity contribution in [2.24, 2.45) is 5.73 Å². The Kier molecular flexibility index (Phi) is 9.30. The third-order valence-electron chi connectivity index (χ3n) is 5.69. The summed E-state index contributed by atoms with van der Waals surface area (Å²) in [7, 11) is 0. The van der Waals surface area contributed by atoms with E-state index in [4.69, 9.17) is 26.7 Å². The highest BCUT2D eigenvalue weighted by Crippen LogP contribution is 2.23. The number of aromatic nitrogens is 1. The Hall–Kier alpha value is -5.26. The minimum Gasteiger partial charge on any atom is -0.491 e. The second-order valence-electron chi connectivity index (χ2n) is 8.61. The standard InChI is InChI=1S/C27H27N5O7/c28-23-8-6-19(13-31-23)15-2-1-3-18(10-15)26(36)32-20(7-9-24(34)35)14-39-22-12-17(25(29)30)5-4-16(22)11-21(33)27(37)38/h1-6,8,10,12-13,20H,7,9,11,14H2,(H2,28,31)(H3,29,30)(H,32,36)(H,34,35)(H,37,38). The van der Waals surface area contributed by atoms with Crippen LogP contribution >= 0.6 is 0 Å². The van der Waals surface area contributed by atoms with E-state index in [1.807, 2.05) is 0 Å². The Morgan fingerprint density at radius 1 is 1.00 bits per heavy atom. The number of pyridine rings is 1. The summed E-state index contributed by atoms with van der Waals surface area (Å²) in [6, 6.07) is 13.7. The number of benzene rings is 2. The molecule has 8 N–H and O–H groups in total. The Morgan fingerprint density at radius 3 is 2.41 bits per heavy atom. The van der Waals surface area contributed by atoms with Gasteiger partial charge in [-0.1, -0.05) is 24.3 Å². The largest absolute Gasteiger partial charge is 0.491 e. The number of amidine groups is 1. The molecule has 1 unspecified atom stereocenters. The van der Waals surface area contributed by atoms with Crippen molar-refractivity contribution in [2.45, 2.75) is 25.3 Å². The first kappa shape index (κ1) is 28.3. The average Bonchev–Trinajstić information content (AvgIpc) is 2.90. The van der Waals surface area contributed by atoms with Gasteiger partial charge in [0.1, 0.15) is 24.0 Å². The summed E-state index contributed by atoms with van der Waals surface area (Å²) in [5, 5.41) is 28.6. The maximum atomic E-state index is 13.1. The van der Waals surface area contributed by atoms with E-state index < -0.39 is 36.1 Å². The Bertz CT molecular complexity index is 1410. The van der Waals surface area contributed by atoms with Gasteiger partial charge < -0.3 is 31.7 Å². The van der Waals surface area contributed by atoms with E-state index in [9.17, 15) is 24.3 Å². The lowest BCUT2D eigenvalue weighted by Gasteiger charge is -2.20. The Balaban J connectivity index is 1.80. The number of aliphatic carboxylic acids is 2. The van der Waals surface area contributed by atoms with Gasteiger partial charge in [0.05, 0.1) is 6.04 Å². The van der Waals surface area contributed by atoms with Crippen LogP contribution in [0.1, 0.15) is 34.3 Å². The minimum atomic E-state index is -1.61. The molecule has 1 heterocycles. The van der Waals surface area contributed by atoms with Crippen molar-refractivity contribution in [3.8, 4) is 16.9 Å². The average molecular weight is 534 g/mol. The van der Waals surface area contributed by atoms with Crippen LogP contribution in [-0.2, 0) is 20.8 Å². The topological polar surface area (TPSA) is 219 Å². The fourth-order valence-corrected chi connectivity index (χ4v) is 3.62. The van der Waals surface area contributed by atoms with E-state index in [1.54, 1.807) is 42.6 Å². The lowest BCUT2D eigenvalue weighted by atomic mass is 10.0. The van der Waals surface area contributed by atoms with Crippen molar-refractivity contribution in [1.82, 2.24) is 10.3 Å². The normalized spacial score (nSPS) is 11.3. The van der Waals surface area contributed by atoms with Crippen LogP contribution in [0.2, 0.25) is 0 Å². The predicted octanol–water partition coefficient (Wildman–Crippen LogP) is 1.85. The number of anilines is 1. The molecular weight excluding hydrogens is 506 g/mol. The number of ether oxygens (including phenoxy) is 1. The van der Waals surface area contributed by atoms with Crippen molar-refractivity contribution >= 4 is 35.3 Å². The van der Waals surface area contributed by atoms with Crippen LogP contribution in [0.4, 0.5) is 5.82 Å². The van der Waals surface area contributed by atoms with Crippen molar-refractivity contribution < 1.29 is 34.1 Å². The molecule has 0 aliphatic carbocycles. The zero-order valence-electron chi connectivity index (χ0n) is 20.7. The summed E-state index contributed by atoms with van der Waals surface area (Å²) >= 11 is 0. The molecule has 0 fully saturated rings. The minimum absolute atomic E-state index is 0.0262. The molecule has 0 radical (unpaired) electrons. The number of amides is 1. The smallest absolute Gasteiger partial charge is 0.372 e. The fourth-order valence-electron chi connectivity index (χ4n) is 3.62. The van der Waals surface area contributed by atoms with E-state index in [1.165, 1.54) is 18.2 Å². The molecule has 0 spiro atoms. The van der Waals surface area contributed by atoms with Crippen LogP contribution in [0, 0.1) is 5.41 Å². The number of rotatable bonds is 13. The number of nitrogen functional groups attached to an aromatic ring is 2. The molecule has 3 rings (SSSR count). The van der Waals surface area contributed by atoms with Gasteiger partial charge >= 0.3 is 11.9 Å². The zero-order valence-corrected chi connectivity index (χ0v) is 20.7. The number of carbonyl (C=O) groups excluding carboxylic acids is 2. The lowest BCUT2D eigenvalue weighted by Crippen LogP contribution is -2.39. The Morgan fingerprint density at radius 2 is 1.77 bits per heavy atom. The maximum Gasteiger partial charge on any atom is 0.372 e. The molecule has 0 aliphatic heterocycles. The third kappa shape index (κ3) is 8.12. The number of hydrogen-bond acceptors (Lipinski definition) is 8. The van der Waals surface area contributed by atoms with Crippen LogP contribution in [0.15, 0.2) is 60.8 Å². The number of carboxylic acid groups (broad SMARTS) is 2. The number of nitrogens with two attached hydrogens (primary N) is 2. The summed E-state index contributed by atoms with van der Waals surface area (Å²) in [5.41, 5.74) is 13.5. The second kappa shape index (κ2) is 12.8. The van der Waals surface area contributed by atoms with E-state index in [2.05, 4.69) is 10.3 Å². The van der Waals surface area contributed by atoms with Gasteiger partial charge in [0.15, 0.2) is 0 Å². The summed E-state index contributed by atoms with van der Waals surface area (Å²) in [6.07, 6.45) is 0.876. The molecule has 1 aromatic heterocycles. The van der Waals surface area contributed by atoms with Gasteiger partial charge in [-0.15, -0.1) is 0 Å². The molecule has 0 saturated heterocycles. The number of Topliss-reactive ketones (excluding diaryl/α,β-unsaturated/α-hetero) is 1. The van der Waals surface area contributed by atoms with E-state index in [0.717, 1.165) is 11.1 Å². The van der Waals surface area contributed by atoms with E-state index in [-0.39, 0.29) is 42.2 Å². The SMILES string of the molecule is N=C(N)c1ccc(CC(=O)C(=O)O)c(OCC(CCC(=O)O)NC(=O)c2cccc(-c3ccc(N)nc3)c2)c1. The fraction of sp³-hybridized carbons (Fsp3) is 0.185. The number of ketones is 1. The van der Waals surface area contributed by atoms with Gasteiger partial charge in [-0.25, -0.2) is 9.78 Å². The highest BCUT2D eigenvalue weighted by molar-refractivity contribution is 6.33. The number of hydrogen-bond donors (Lipinski definition) is 6. The maximum absolute atomic E-state index is 13.1. The molecule has 39 heavy (non-hydrogen) atoms. The molecule has 1 atom stereocenters. The molecule has 12 nitrogen and oxygen atoms in total. The number of carboxylic acids is 2. The number of nitrogens with one attached hydrogen (secondary N) is 2. The molecule has 2 aromatic carbocycles. The highest BCUT2D eigenvalue weighted by atomic mass is 16.5. The van der Waals surface area contributed by atoms with E-state index in [0.29, 0.717) is 11.4 Å². The van der Waals surface area contributed by atoms with Gasteiger partial charge in [-0.3, -0.25) is 19.8 Å². The molecule has 3 aromatic rings. The van der Waals surface area contributed by atoms with Crippen LogP contribution in [0.5, 0.6) is 5.75 Å². The Labute approximate surface area is 223 Å². The van der Waals surface area contributed by atoms with Gasteiger partial charge in [-0.05, 0) is 42.3 Å². The zero-order chi connectivity index (χ0) is 28.5. The van der Waals surface area contributed by atoms with Gasteiger partial charge in [0, 0.05) is 41.3 Å². The second-order valence-corrected chi connectivity index (χ2v) is 8.61. The van der Waals surface area contributed by atoms with Gasteiger partial charge in [0.2, 0.25) is 5.78 Å². The molecule has 0 aliphatic rings. The molecule has 202 valence electrons. The van der Waals surface area contributed by atoms with Crippen molar-refractivity contribution in [2.75, 3.05) is 12.3 Å². The van der Waals surface area contributed by atoms with Crippen molar-refractivity contribution in [3.05, 3.63) is 77.5 Å². The summed E-state index contributed by atoms with van der Waals surface area (Å²) in [6.45, 7) is -0.198. The quantitative estimate of drug-likeness (QED) is 0.106. The van der Waals surface area contributed by atoms with Gasteiger partial charge in [-0.2, -0.15) is 0 Å². The molecule has 12 heteroatoms. The molecular formula is C27H27N5O7. The van der Waals surface area contributed by atoms with Crippen LogP contribution in [0.3, 0.4) is 0 Å². The summed E-state index contributed by atoms with van der Waals surface area (Å²) in [5.74, 6) is -4.05. The first-order valence-electron chi connectivity index (χ1n) is 11.7. The molecule has 0 saturated carbocycles. The monoisotopic (exact) mass is 533 g/mol. The molecule has 0 bridgehead atoms. The van der Waals surface area contributed by atoms with Crippen LogP contribution < -0.4 is 21.5 Å². The summed E-state index contributed by atoms with van der Waals surface area (Å²) < 4.78 is 5.82. The highest BCUT2D eigenvalue weighted by Gasteiger charge is 2.20. The molecule has 1 amide bonds. The van der Waals surface area contributed by atoms with Crippen molar-refractivity contribution in [1.29, 1.82) is 5.41 Å². The lowest BCUT2D eigenvalue weighted by molar-refractivity contribution is -0.148. The number of carbonyl (C=O) groups is 4. The van der Waals surface area contributed by atoms with E-state index >= 15 is 0 Å². The first-order valence-corrected chi connectivity index (χ1v) is 11.7. The third-order valence-corrected chi connectivity index (χ3v) is 5.69. The van der Waals surface area contributed by atoms with Crippen molar-refractivity contribution in [3.63, 3.8) is 0 Å². The van der Waals surface area contributed by atoms with Gasteiger partial charge in [0.25, 0.3) is 5.91 Å². The predicted molar refractivity (Wildman–Crippen MR) is 142 cm³/mol.